The number of nitrogens with one attached hydrogen (secondary N) is 1. The number of nitrogens with zero attached hydrogens (tertiary/aromatic N) is 2. The maximum atomic E-state index is 13.4. The molecule has 92 valence electrons. The van der Waals surface area contributed by atoms with Crippen LogP contribution in [0.5, 0.6) is 0 Å². The summed E-state index contributed by atoms with van der Waals surface area (Å²) >= 11 is 5.76. The molecular weight excluding hydrogens is 257 g/mol. The third-order valence-corrected chi connectivity index (χ3v) is 2.48. The number of pyridine rings is 2. The Morgan fingerprint density at radius 3 is 2.78 bits per heavy atom. The number of carbonyl (C=O) groups is 1. The van der Waals surface area contributed by atoms with Gasteiger partial charge in [-0.1, -0.05) is 17.7 Å². The molecule has 0 aromatic carbocycles. The molecule has 18 heavy (non-hydrogen) atoms. The minimum atomic E-state index is -0.743. The number of amides is 1. The molecule has 0 bridgehead atoms. The molecule has 2 rings (SSSR count). The van der Waals surface area contributed by atoms with E-state index < -0.39 is 11.9 Å². The Morgan fingerprint density at radius 1 is 1.33 bits per heavy atom. The zero-order chi connectivity index (χ0) is 13.1. The van der Waals surface area contributed by atoms with Crippen molar-refractivity contribution < 1.29 is 9.18 Å². The van der Waals surface area contributed by atoms with Gasteiger partial charge in [-0.25, -0.2) is 9.97 Å². The van der Waals surface area contributed by atoms with Gasteiger partial charge in [-0.3, -0.25) is 4.79 Å². The predicted molar refractivity (Wildman–Crippen MR) is 65.8 cm³/mol. The molecule has 4 nitrogen and oxygen atoms in total. The average molecular weight is 266 g/mol. The Morgan fingerprint density at radius 2 is 2.11 bits per heavy atom. The molecule has 0 unspecified atom stereocenters. The summed E-state index contributed by atoms with van der Waals surface area (Å²) in [7, 11) is 1.45. The van der Waals surface area contributed by atoms with Crippen LogP contribution in [0.25, 0.3) is 11.3 Å². The SMILES string of the molecule is CNC(=O)c1cc(-c2cccc(Cl)n2)cc(F)n1. The second-order valence-corrected chi connectivity index (χ2v) is 3.88. The van der Waals surface area contributed by atoms with Crippen molar-refractivity contribution in [2.24, 2.45) is 0 Å². The lowest BCUT2D eigenvalue weighted by Gasteiger charge is -2.04. The van der Waals surface area contributed by atoms with E-state index in [4.69, 9.17) is 11.6 Å². The van der Waals surface area contributed by atoms with Crippen molar-refractivity contribution in [3.63, 3.8) is 0 Å². The fourth-order valence-corrected chi connectivity index (χ4v) is 1.62. The monoisotopic (exact) mass is 265 g/mol. The molecule has 0 aliphatic heterocycles. The van der Waals surface area contributed by atoms with Gasteiger partial charge in [0.25, 0.3) is 5.91 Å². The van der Waals surface area contributed by atoms with Crippen molar-refractivity contribution >= 4 is 17.5 Å². The Balaban J connectivity index is 2.51. The first-order valence-electron chi connectivity index (χ1n) is 5.13. The van der Waals surface area contributed by atoms with Crippen molar-refractivity contribution in [1.82, 2.24) is 15.3 Å². The third kappa shape index (κ3) is 2.62. The molecule has 0 atom stereocenters. The van der Waals surface area contributed by atoms with E-state index in [1.807, 2.05) is 0 Å². The van der Waals surface area contributed by atoms with Crippen LogP contribution in [-0.2, 0) is 0 Å². The molecule has 0 spiro atoms. The lowest BCUT2D eigenvalue weighted by atomic mass is 10.1. The molecule has 2 heterocycles. The van der Waals surface area contributed by atoms with Gasteiger partial charge in [0, 0.05) is 18.7 Å². The van der Waals surface area contributed by atoms with E-state index >= 15 is 0 Å². The number of rotatable bonds is 2. The first-order valence-corrected chi connectivity index (χ1v) is 5.50. The summed E-state index contributed by atoms with van der Waals surface area (Å²) in [4.78, 5) is 19.0. The van der Waals surface area contributed by atoms with Crippen LogP contribution >= 0.6 is 11.6 Å². The van der Waals surface area contributed by atoms with Crippen LogP contribution in [0.4, 0.5) is 4.39 Å². The predicted octanol–water partition coefficient (Wildman–Crippen LogP) is 2.30. The Hall–Kier alpha value is -2.01. The van der Waals surface area contributed by atoms with Crippen LogP contribution in [0.1, 0.15) is 10.5 Å². The molecule has 0 aliphatic carbocycles. The fraction of sp³-hybridized carbons (Fsp3) is 0.0833. The molecule has 6 heteroatoms. The molecule has 0 saturated heterocycles. The molecule has 1 N–H and O–H groups in total. The average Bonchev–Trinajstić information content (AvgIpc) is 2.37. The summed E-state index contributed by atoms with van der Waals surface area (Å²) < 4.78 is 13.4. The lowest BCUT2D eigenvalue weighted by molar-refractivity contribution is 0.0957. The maximum absolute atomic E-state index is 13.4. The maximum Gasteiger partial charge on any atom is 0.269 e. The van der Waals surface area contributed by atoms with Crippen molar-refractivity contribution in [3.8, 4) is 11.3 Å². The van der Waals surface area contributed by atoms with Crippen molar-refractivity contribution in [3.05, 3.63) is 47.1 Å². The quantitative estimate of drug-likeness (QED) is 0.848. The molecular formula is C12H9ClFN3O. The van der Waals surface area contributed by atoms with Crippen LogP contribution in [0.3, 0.4) is 0 Å². The lowest BCUT2D eigenvalue weighted by Crippen LogP contribution is -2.19. The minimum Gasteiger partial charge on any atom is -0.354 e. The van der Waals surface area contributed by atoms with Gasteiger partial charge >= 0.3 is 0 Å². The van der Waals surface area contributed by atoms with Gasteiger partial charge in [0.1, 0.15) is 10.8 Å². The molecule has 0 aliphatic rings. The van der Waals surface area contributed by atoms with E-state index in [1.165, 1.54) is 19.2 Å². The fourth-order valence-electron chi connectivity index (χ4n) is 1.46. The second kappa shape index (κ2) is 5.10. The van der Waals surface area contributed by atoms with E-state index in [1.54, 1.807) is 18.2 Å². The van der Waals surface area contributed by atoms with Crippen LogP contribution < -0.4 is 5.32 Å². The second-order valence-electron chi connectivity index (χ2n) is 3.49. The van der Waals surface area contributed by atoms with Crippen LogP contribution in [0.15, 0.2) is 30.3 Å². The van der Waals surface area contributed by atoms with Crippen LogP contribution in [0, 0.1) is 5.95 Å². The van der Waals surface area contributed by atoms with Gasteiger partial charge in [0.2, 0.25) is 5.95 Å². The van der Waals surface area contributed by atoms with Gasteiger partial charge in [0.05, 0.1) is 5.69 Å². The highest BCUT2D eigenvalue weighted by Crippen LogP contribution is 2.20. The van der Waals surface area contributed by atoms with Gasteiger partial charge in [-0.15, -0.1) is 0 Å². The Bertz CT molecular complexity index is 604. The number of aromatic nitrogens is 2. The van der Waals surface area contributed by atoms with Crippen LogP contribution in [-0.4, -0.2) is 22.9 Å². The summed E-state index contributed by atoms with van der Waals surface area (Å²) in [5, 5.41) is 2.68. The summed E-state index contributed by atoms with van der Waals surface area (Å²) in [6, 6.07) is 7.64. The number of carbonyl (C=O) groups excluding carboxylic acids is 1. The summed E-state index contributed by atoms with van der Waals surface area (Å²) in [5.41, 5.74) is 0.923. The van der Waals surface area contributed by atoms with Gasteiger partial charge < -0.3 is 5.32 Å². The Labute approximate surface area is 108 Å². The van der Waals surface area contributed by atoms with Gasteiger partial charge in [0.15, 0.2) is 0 Å². The first kappa shape index (κ1) is 12.4. The molecule has 2 aromatic rings. The van der Waals surface area contributed by atoms with E-state index in [9.17, 15) is 9.18 Å². The van der Waals surface area contributed by atoms with Crippen molar-refractivity contribution in [2.45, 2.75) is 0 Å². The normalized spacial score (nSPS) is 10.2. The van der Waals surface area contributed by atoms with E-state index in [0.717, 1.165) is 0 Å². The highest BCUT2D eigenvalue weighted by atomic mass is 35.5. The molecule has 2 aromatic heterocycles. The van der Waals surface area contributed by atoms with Crippen LogP contribution in [0.2, 0.25) is 5.15 Å². The molecule has 0 fully saturated rings. The van der Waals surface area contributed by atoms with E-state index in [0.29, 0.717) is 16.4 Å². The summed E-state index contributed by atoms with van der Waals surface area (Å²) in [5.74, 6) is -1.20. The topological polar surface area (TPSA) is 54.9 Å². The zero-order valence-electron chi connectivity index (χ0n) is 9.45. The third-order valence-electron chi connectivity index (χ3n) is 2.26. The van der Waals surface area contributed by atoms with Gasteiger partial charge in [-0.05, 0) is 18.2 Å². The highest BCUT2D eigenvalue weighted by molar-refractivity contribution is 6.29. The summed E-state index contributed by atoms with van der Waals surface area (Å²) in [6.45, 7) is 0. The first-order chi connectivity index (χ1) is 8.60. The number of hydrogen-bond acceptors (Lipinski definition) is 3. The standard InChI is InChI=1S/C12H9ClFN3O/c1-15-12(18)9-5-7(6-11(14)17-9)8-3-2-4-10(13)16-8/h2-6H,1H3,(H,15,18). The number of hydrogen-bond donors (Lipinski definition) is 1. The van der Waals surface area contributed by atoms with Crippen molar-refractivity contribution in [2.75, 3.05) is 7.05 Å². The minimum absolute atomic E-state index is 0.00530. The Kier molecular flexibility index (Phi) is 3.53. The molecule has 0 radical (unpaired) electrons. The zero-order valence-corrected chi connectivity index (χ0v) is 10.2. The summed E-state index contributed by atoms with van der Waals surface area (Å²) in [6.07, 6.45) is 0. The highest BCUT2D eigenvalue weighted by Gasteiger charge is 2.11. The molecule has 1 amide bonds. The van der Waals surface area contributed by atoms with E-state index in [2.05, 4.69) is 15.3 Å². The van der Waals surface area contributed by atoms with Gasteiger partial charge in [-0.2, -0.15) is 4.39 Å². The van der Waals surface area contributed by atoms with Crippen molar-refractivity contribution in [1.29, 1.82) is 0 Å². The smallest absolute Gasteiger partial charge is 0.269 e. The molecule has 0 saturated carbocycles. The number of halogens is 2. The van der Waals surface area contributed by atoms with E-state index in [-0.39, 0.29) is 5.69 Å². The largest absolute Gasteiger partial charge is 0.354 e.